The minimum absolute atomic E-state index is 0.153. The monoisotopic (exact) mass is 1300 g/mol. The van der Waals surface area contributed by atoms with Crippen molar-refractivity contribution in [1.82, 2.24) is 0 Å². The lowest BCUT2D eigenvalue weighted by molar-refractivity contribution is -0.870. The van der Waals surface area contributed by atoms with Crippen molar-refractivity contribution < 1.29 is 42.9 Å². The SMILES string of the molecule is CCCCCCCCCC/C=C\CCCCCCCCCCCCCCCCCCCCCCCCCC(=O)OC(COC(=O)CCCCCCCCCCCCCCCCCCCCCCCCCCCCCCCCCC)COC(OCC[N+](C)(C)C)C(=O)[O-]. The van der Waals surface area contributed by atoms with E-state index in [1.165, 1.54) is 379 Å². The molecule has 92 heavy (non-hydrogen) atoms. The number of carbonyl (C=O) groups excluding carboxylic acids is 3. The zero-order valence-electron chi connectivity index (χ0n) is 62.7. The highest BCUT2D eigenvalue weighted by molar-refractivity contribution is 5.70. The molecule has 9 nitrogen and oxygen atoms in total. The molecule has 0 rings (SSSR count). The van der Waals surface area contributed by atoms with E-state index in [0.717, 1.165) is 38.5 Å². The van der Waals surface area contributed by atoms with Gasteiger partial charge in [0.1, 0.15) is 13.2 Å². The summed E-state index contributed by atoms with van der Waals surface area (Å²) in [7, 11) is 5.96. The normalized spacial score (nSPS) is 12.6. The number of hydrogen-bond acceptors (Lipinski definition) is 8. The smallest absolute Gasteiger partial charge is 0.306 e. The quantitative estimate of drug-likeness (QED) is 0.0195. The second kappa shape index (κ2) is 74.8. The Labute approximate surface area is 574 Å². The minimum Gasteiger partial charge on any atom is -0.545 e. The van der Waals surface area contributed by atoms with Crippen molar-refractivity contribution in [2.24, 2.45) is 0 Å². The van der Waals surface area contributed by atoms with Crippen LogP contribution in [0.4, 0.5) is 0 Å². The van der Waals surface area contributed by atoms with Crippen LogP contribution in [0.2, 0.25) is 0 Å². The van der Waals surface area contributed by atoms with Crippen LogP contribution in [0.15, 0.2) is 12.2 Å². The van der Waals surface area contributed by atoms with Crippen LogP contribution in [0.25, 0.3) is 0 Å². The lowest BCUT2D eigenvalue weighted by Crippen LogP contribution is -2.44. The van der Waals surface area contributed by atoms with Gasteiger partial charge in [0.05, 0.1) is 40.3 Å². The fourth-order valence-corrected chi connectivity index (χ4v) is 13.0. The van der Waals surface area contributed by atoms with E-state index in [-0.39, 0.29) is 32.2 Å². The molecule has 0 aliphatic rings. The van der Waals surface area contributed by atoms with Gasteiger partial charge < -0.3 is 33.3 Å². The maximum atomic E-state index is 13.0. The van der Waals surface area contributed by atoms with E-state index >= 15 is 0 Å². The standard InChI is InChI=1S/C83H161NO8/c1-6-8-10-12-14-16-18-20-22-24-26-28-30-32-34-36-38-40-41-42-44-46-48-50-52-54-56-58-60-62-64-66-68-70-72-74-81(86)92-79(78-91-83(82(87)88)89-76-75-84(3,4)5)77-90-80(85)73-71-69-67-65-63-61-59-57-55-53-51-49-47-45-43-39-37-35-33-31-29-27-25-23-21-19-17-15-13-11-9-7-2/h24,26,79,83H,6-23,25,27-78H2,1-5H3/b26-24-. The first-order valence-corrected chi connectivity index (χ1v) is 41.3. The zero-order valence-corrected chi connectivity index (χ0v) is 62.7. The van der Waals surface area contributed by atoms with Crippen LogP contribution >= 0.6 is 0 Å². The number of aliphatic carboxylic acids is 1. The fourth-order valence-electron chi connectivity index (χ4n) is 13.0. The van der Waals surface area contributed by atoms with Gasteiger partial charge in [0.25, 0.3) is 0 Å². The van der Waals surface area contributed by atoms with Gasteiger partial charge in [-0.3, -0.25) is 9.59 Å². The van der Waals surface area contributed by atoms with Crippen molar-refractivity contribution in [2.45, 2.75) is 456 Å². The third-order valence-corrected chi connectivity index (χ3v) is 19.3. The van der Waals surface area contributed by atoms with Crippen molar-refractivity contribution in [3.05, 3.63) is 12.2 Å². The van der Waals surface area contributed by atoms with Gasteiger partial charge in [-0.2, -0.15) is 0 Å². The third kappa shape index (κ3) is 75.4. The van der Waals surface area contributed by atoms with E-state index in [4.69, 9.17) is 18.9 Å². The molecule has 0 aliphatic carbocycles. The van der Waals surface area contributed by atoms with Gasteiger partial charge in [-0.15, -0.1) is 0 Å². The second-order valence-electron chi connectivity index (χ2n) is 29.8. The third-order valence-electron chi connectivity index (χ3n) is 19.3. The van der Waals surface area contributed by atoms with Crippen LogP contribution in [0.3, 0.4) is 0 Å². The molecule has 2 atom stereocenters. The van der Waals surface area contributed by atoms with E-state index in [9.17, 15) is 19.5 Å². The average molecular weight is 1300 g/mol. The Morgan fingerprint density at radius 1 is 0.315 bits per heavy atom. The molecule has 0 spiro atoms. The van der Waals surface area contributed by atoms with Crippen LogP contribution in [0.5, 0.6) is 0 Å². The second-order valence-corrected chi connectivity index (χ2v) is 29.8. The predicted octanol–water partition coefficient (Wildman–Crippen LogP) is 25.0. The molecule has 0 saturated heterocycles. The number of quaternary nitrogens is 1. The molecule has 0 radical (unpaired) electrons. The molecule has 0 fully saturated rings. The fraction of sp³-hybridized carbons (Fsp3) is 0.940. The number of carboxylic acid groups (broad SMARTS) is 1. The van der Waals surface area contributed by atoms with E-state index in [0.29, 0.717) is 17.4 Å². The lowest BCUT2D eigenvalue weighted by atomic mass is 10.0. The van der Waals surface area contributed by atoms with Gasteiger partial charge in [0, 0.05) is 12.8 Å². The first kappa shape index (κ1) is 90.0. The molecule has 0 N–H and O–H groups in total. The zero-order chi connectivity index (χ0) is 66.8. The number of allylic oxidation sites excluding steroid dienone is 2. The number of hydrogen-bond donors (Lipinski definition) is 0. The predicted molar refractivity (Wildman–Crippen MR) is 394 cm³/mol. The van der Waals surface area contributed by atoms with Gasteiger partial charge in [0.2, 0.25) is 0 Å². The summed E-state index contributed by atoms with van der Waals surface area (Å²) in [6.07, 6.45) is 90.7. The van der Waals surface area contributed by atoms with Gasteiger partial charge in [-0.25, -0.2) is 0 Å². The summed E-state index contributed by atoms with van der Waals surface area (Å²) in [5.41, 5.74) is 0. The Hall–Kier alpha value is -1.97. The van der Waals surface area contributed by atoms with Crippen LogP contribution in [0, 0.1) is 0 Å². The lowest BCUT2D eigenvalue weighted by Gasteiger charge is -2.26. The van der Waals surface area contributed by atoms with Crippen molar-refractivity contribution in [1.29, 1.82) is 0 Å². The maximum absolute atomic E-state index is 13.0. The molecule has 0 aromatic heterocycles. The van der Waals surface area contributed by atoms with Crippen LogP contribution in [-0.4, -0.2) is 82.3 Å². The molecule has 2 unspecified atom stereocenters. The molecule has 0 aromatic carbocycles. The van der Waals surface area contributed by atoms with Crippen LogP contribution < -0.4 is 5.11 Å². The number of carbonyl (C=O) groups is 3. The summed E-state index contributed by atoms with van der Waals surface area (Å²) >= 11 is 0. The Balaban J connectivity index is 3.94. The highest BCUT2D eigenvalue weighted by atomic mass is 16.7. The largest absolute Gasteiger partial charge is 0.545 e. The van der Waals surface area contributed by atoms with Crippen molar-refractivity contribution in [2.75, 3.05) is 47.5 Å². The van der Waals surface area contributed by atoms with Gasteiger partial charge >= 0.3 is 11.9 Å². The topological polar surface area (TPSA) is 111 Å². The molecular weight excluding hydrogens is 1140 g/mol. The van der Waals surface area contributed by atoms with Crippen molar-refractivity contribution >= 4 is 17.9 Å². The summed E-state index contributed by atoms with van der Waals surface area (Å²) in [6.45, 7) is 4.85. The number of likely N-dealkylation sites (N-methyl/N-ethyl adjacent to an activating group) is 1. The average Bonchev–Trinajstić information content (AvgIpc) is 3.70. The molecule has 0 bridgehead atoms. The minimum atomic E-state index is -1.62. The molecule has 0 amide bonds. The number of unbranched alkanes of at least 4 members (excludes halogenated alkanes) is 62. The van der Waals surface area contributed by atoms with Crippen molar-refractivity contribution in [3.63, 3.8) is 0 Å². The Morgan fingerprint density at radius 2 is 0.554 bits per heavy atom. The summed E-state index contributed by atoms with van der Waals surface area (Å²) in [4.78, 5) is 37.6. The number of rotatable bonds is 79. The molecule has 0 aliphatic heterocycles. The summed E-state index contributed by atoms with van der Waals surface area (Å²) in [6, 6.07) is 0. The van der Waals surface area contributed by atoms with E-state index in [1.54, 1.807) is 0 Å². The summed E-state index contributed by atoms with van der Waals surface area (Å²) in [5, 5.41) is 11.9. The Kier molecular flexibility index (Phi) is 73.2. The molecule has 0 heterocycles. The summed E-state index contributed by atoms with van der Waals surface area (Å²) < 4.78 is 22.9. The van der Waals surface area contributed by atoms with Gasteiger partial charge in [-0.05, 0) is 38.5 Å². The Morgan fingerprint density at radius 3 is 0.804 bits per heavy atom. The first-order chi connectivity index (χ1) is 45.1. The molecule has 546 valence electrons. The van der Waals surface area contributed by atoms with Crippen LogP contribution in [-0.2, 0) is 33.3 Å². The molecule has 9 heteroatoms. The number of esters is 2. The Bertz CT molecular complexity index is 1510. The highest BCUT2D eigenvalue weighted by Crippen LogP contribution is 2.21. The number of carboxylic acids is 1. The van der Waals surface area contributed by atoms with E-state index in [2.05, 4.69) is 26.0 Å². The van der Waals surface area contributed by atoms with E-state index in [1.807, 2.05) is 21.1 Å². The molecule has 0 aromatic rings. The van der Waals surface area contributed by atoms with Crippen LogP contribution in [0.1, 0.15) is 444 Å². The number of ether oxygens (including phenoxy) is 4. The van der Waals surface area contributed by atoms with Crippen molar-refractivity contribution in [3.8, 4) is 0 Å². The molecule has 0 saturated carbocycles. The molecular formula is C83H161NO8. The van der Waals surface area contributed by atoms with Gasteiger partial charge in [-0.1, -0.05) is 405 Å². The highest BCUT2D eigenvalue weighted by Gasteiger charge is 2.22. The maximum Gasteiger partial charge on any atom is 0.306 e. The number of nitrogens with zero attached hydrogens (tertiary/aromatic N) is 1. The first-order valence-electron chi connectivity index (χ1n) is 41.3. The van der Waals surface area contributed by atoms with E-state index < -0.39 is 24.3 Å². The summed E-state index contributed by atoms with van der Waals surface area (Å²) in [5.74, 6) is -2.24. The van der Waals surface area contributed by atoms with Gasteiger partial charge in [0.15, 0.2) is 12.4 Å².